The zero-order valence-corrected chi connectivity index (χ0v) is 17.5. The number of anilines is 1. The van der Waals surface area contributed by atoms with Crippen LogP contribution < -0.4 is 10.0 Å². The number of carbonyl (C=O) groups is 1. The quantitative estimate of drug-likeness (QED) is 0.627. The van der Waals surface area contributed by atoms with Crippen molar-refractivity contribution < 1.29 is 17.6 Å². The predicted molar refractivity (Wildman–Crippen MR) is 110 cm³/mol. The number of amides is 1. The molecule has 0 bridgehead atoms. The summed E-state index contributed by atoms with van der Waals surface area (Å²) < 4.78 is 44.6. The monoisotopic (exact) mass is 448 g/mol. The van der Waals surface area contributed by atoms with Gasteiger partial charge in [0.2, 0.25) is 15.9 Å². The van der Waals surface area contributed by atoms with Crippen LogP contribution in [0.1, 0.15) is 29.4 Å². The Kier molecular flexibility index (Phi) is 5.35. The summed E-state index contributed by atoms with van der Waals surface area (Å²) in [6.45, 7) is 0. The lowest BCUT2D eigenvalue weighted by Gasteiger charge is -2.22. The molecule has 30 heavy (non-hydrogen) atoms. The number of hydrogen-bond donors (Lipinski definition) is 2. The van der Waals surface area contributed by atoms with Crippen LogP contribution >= 0.6 is 11.6 Å². The Balaban J connectivity index is 1.77. The van der Waals surface area contributed by atoms with Gasteiger partial charge < -0.3 is 9.88 Å². The van der Waals surface area contributed by atoms with Crippen LogP contribution in [0.25, 0.3) is 0 Å². The van der Waals surface area contributed by atoms with Gasteiger partial charge in [-0.1, -0.05) is 23.7 Å². The Labute approximate surface area is 177 Å². The van der Waals surface area contributed by atoms with Crippen LogP contribution in [0.3, 0.4) is 0 Å². The maximum absolute atomic E-state index is 13.8. The molecular formula is C20H18ClFN4O3S. The van der Waals surface area contributed by atoms with Crippen molar-refractivity contribution in [2.24, 2.45) is 7.05 Å². The Morgan fingerprint density at radius 3 is 2.77 bits per heavy atom. The fourth-order valence-corrected chi connectivity index (χ4v) is 5.17. The zero-order chi connectivity index (χ0) is 21.5. The number of sulfonamides is 1. The second kappa shape index (κ2) is 7.82. The van der Waals surface area contributed by atoms with Gasteiger partial charge in [-0.05, 0) is 41.8 Å². The largest absolute Gasteiger partial charge is 0.336 e. The van der Waals surface area contributed by atoms with E-state index in [0.29, 0.717) is 29.9 Å². The SMILES string of the molecule is Cn1ccnc1C(NS(=O)(=O)c1cc2c(cc1Cl)CCC(=O)N2)c1cccc(F)c1. The highest BCUT2D eigenvalue weighted by Gasteiger charge is 2.29. The van der Waals surface area contributed by atoms with E-state index in [9.17, 15) is 17.6 Å². The lowest BCUT2D eigenvalue weighted by molar-refractivity contribution is -0.116. The number of fused-ring (bicyclic) bond motifs is 1. The van der Waals surface area contributed by atoms with Crippen LogP contribution in [0.15, 0.2) is 53.7 Å². The molecule has 0 saturated heterocycles. The molecule has 0 aliphatic carbocycles. The predicted octanol–water partition coefficient (Wildman–Crippen LogP) is 3.17. The fourth-order valence-electron chi connectivity index (χ4n) is 3.41. The van der Waals surface area contributed by atoms with Crippen LogP contribution in [0.4, 0.5) is 10.1 Å². The first-order chi connectivity index (χ1) is 14.2. The van der Waals surface area contributed by atoms with Crippen molar-refractivity contribution in [2.45, 2.75) is 23.8 Å². The number of nitrogens with zero attached hydrogens (tertiary/aromatic N) is 2. The van der Waals surface area contributed by atoms with E-state index >= 15 is 0 Å². The number of carbonyl (C=O) groups excluding carboxylic acids is 1. The summed E-state index contributed by atoms with van der Waals surface area (Å²) in [6, 6.07) is 7.57. The molecule has 2 heterocycles. The zero-order valence-electron chi connectivity index (χ0n) is 15.9. The average Bonchev–Trinajstić information content (AvgIpc) is 3.11. The molecule has 10 heteroatoms. The number of nitrogens with one attached hydrogen (secondary N) is 2. The van der Waals surface area contributed by atoms with E-state index in [0.717, 1.165) is 5.56 Å². The molecule has 2 N–H and O–H groups in total. The van der Waals surface area contributed by atoms with Gasteiger partial charge in [0.1, 0.15) is 22.6 Å². The van der Waals surface area contributed by atoms with Crippen LogP contribution in [0, 0.1) is 5.82 Å². The Morgan fingerprint density at radius 1 is 1.27 bits per heavy atom. The Morgan fingerprint density at radius 2 is 2.07 bits per heavy atom. The summed E-state index contributed by atoms with van der Waals surface area (Å²) in [6.07, 6.45) is 3.98. The highest BCUT2D eigenvalue weighted by molar-refractivity contribution is 7.89. The van der Waals surface area contributed by atoms with Gasteiger partial charge in [0.05, 0.1) is 5.02 Å². The standard InChI is InChI=1S/C20H18ClFN4O3S/c1-26-8-7-23-20(26)19(13-3-2-4-14(22)9-13)25-30(28,29)17-11-16-12(10-15(17)21)5-6-18(27)24-16/h2-4,7-11,19,25H,5-6H2,1H3,(H,24,27). The first-order valence-electron chi connectivity index (χ1n) is 9.12. The molecular weight excluding hydrogens is 431 g/mol. The van der Waals surface area contributed by atoms with Crippen LogP contribution in [-0.4, -0.2) is 23.9 Å². The van der Waals surface area contributed by atoms with Crippen molar-refractivity contribution in [3.63, 3.8) is 0 Å². The van der Waals surface area contributed by atoms with Crippen molar-refractivity contribution in [3.8, 4) is 0 Å². The molecule has 0 saturated carbocycles. The lowest BCUT2D eigenvalue weighted by Crippen LogP contribution is -2.31. The van der Waals surface area contributed by atoms with E-state index in [1.807, 2.05) is 0 Å². The highest BCUT2D eigenvalue weighted by Crippen LogP contribution is 2.33. The summed E-state index contributed by atoms with van der Waals surface area (Å²) in [4.78, 5) is 15.7. The van der Waals surface area contributed by atoms with Crippen LogP contribution in [0.5, 0.6) is 0 Å². The number of benzene rings is 2. The van der Waals surface area contributed by atoms with Gasteiger partial charge in [-0.3, -0.25) is 4.79 Å². The molecule has 1 unspecified atom stereocenters. The van der Waals surface area contributed by atoms with Gasteiger partial charge in [0, 0.05) is 31.5 Å². The van der Waals surface area contributed by atoms with E-state index in [2.05, 4.69) is 15.0 Å². The van der Waals surface area contributed by atoms with Gasteiger partial charge in [0.25, 0.3) is 0 Å². The second-order valence-corrected chi connectivity index (χ2v) is 9.08. The number of imidazole rings is 1. The fraction of sp³-hybridized carbons (Fsp3) is 0.200. The molecule has 4 rings (SSSR count). The van der Waals surface area contributed by atoms with E-state index < -0.39 is 21.9 Å². The minimum absolute atomic E-state index is 0.0373. The molecule has 1 amide bonds. The van der Waals surface area contributed by atoms with Gasteiger partial charge in [-0.2, -0.15) is 4.72 Å². The third-order valence-electron chi connectivity index (χ3n) is 4.91. The van der Waals surface area contributed by atoms with Gasteiger partial charge in [-0.15, -0.1) is 0 Å². The lowest BCUT2D eigenvalue weighted by atomic mass is 10.0. The normalized spacial score (nSPS) is 14.8. The number of aryl methyl sites for hydroxylation is 2. The summed E-state index contributed by atoms with van der Waals surface area (Å²) in [5.41, 5.74) is 1.56. The van der Waals surface area contributed by atoms with Gasteiger partial charge in [0.15, 0.2) is 0 Å². The summed E-state index contributed by atoms with van der Waals surface area (Å²) in [5.74, 6) is -0.307. The van der Waals surface area contributed by atoms with E-state index in [-0.39, 0.29) is 15.8 Å². The molecule has 1 atom stereocenters. The summed E-state index contributed by atoms with van der Waals surface area (Å²) in [5, 5.41) is 2.71. The molecule has 0 fully saturated rings. The number of hydrogen-bond acceptors (Lipinski definition) is 4. The molecule has 1 aromatic heterocycles. The average molecular weight is 449 g/mol. The van der Waals surface area contributed by atoms with Crippen molar-refractivity contribution in [1.82, 2.24) is 14.3 Å². The molecule has 0 radical (unpaired) electrons. The molecule has 0 spiro atoms. The first kappa shape index (κ1) is 20.5. The Bertz CT molecular complexity index is 1240. The third kappa shape index (κ3) is 3.96. The first-order valence-corrected chi connectivity index (χ1v) is 11.0. The number of halogens is 2. The van der Waals surface area contributed by atoms with E-state index in [1.54, 1.807) is 29.9 Å². The summed E-state index contributed by atoms with van der Waals surface area (Å²) >= 11 is 6.28. The van der Waals surface area contributed by atoms with Crippen molar-refractivity contribution >= 4 is 33.2 Å². The molecule has 156 valence electrons. The topological polar surface area (TPSA) is 93.1 Å². The van der Waals surface area contributed by atoms with Crippen molar-refractivity contribution in [3.05, 3.63) is 76.6 Å². The Hall–Kier alpha value is -2.75. The molecule has 1 aliphatic rings. The molecule has 3 aromatic rings. The van der Waals surface area contributed by atoms with E-state index in [1.165, 1.54) is 30.5 Å². The summed E-state index contributed by atoms with van der Waals surface area (Å²) in [7, 11) is -2.44. The van der Waals surface area contributed by atoms with Crippen molar-refractivity contribution in [2.75, 3.05) is 5.32 Å². The third-order valence-corrected chi connectivity index (χ3v) is 6.80. The number of aromatic nitrogens is 2. The van der Waals surface area contributed by atoms with Gasteiger partial charge in [-0.25, -0.2) is 17.8 Å². The maximum Gasteiger partial charge on any atom is 0.243 e. The van der Waals surface area contributed by atoms with Gasteiger partial charge >= 0.3 is 0 Å². The van der Waals surface area contributed by atoms with Crippen molar-refractivity contribution in [1.29, 1.82) is 0 Å². The van der Waals surface area contributed by atoms with Crippen LogP contribution in [-0.2, 0) is 28.3 Å². The smallest absolute Gasteiger partial charge is 0.243 e. The molecule has 7 nitrogen and oxygen atoms in total. The highest BCUT2D eigenvalue weighted by atomic mass is 35.5. The minimum atomic E-state index is -4.15. The van der Waals surface area contributed by atoms with E-state index in [4.69, 9.17) is 11.6 Å². The molecule has 2 aromatic carbocycles. The number of rotatable bonds is 5. The maximum atomic E-state index is 13.8. The minimum Gasteiger partial charge on any atom is -0.336 e. The van der Waals surface area contributed by atoms with Crippen LogP contribution in [0.2, 0.25) is 5.02 Å². The second-order valence-electron chi connectivity index (χ2n) is 6.99. The molecule has 1 aliphatic heterocycles.